The minimum Gasteiger partial charge on any atom is -0.0613 e. The highest BCUT2D eigenvalue weighted by Crippen LogP contribution is 2.34. The lowest BCUT2D eigenvalue weighted by atomic mass is 9.80. The Labute approximate surface area is 188 Å². The van der Waals surface area contributed by atoms with E-state index in [9.17, 15) is 0 Å². The lowest BCUT2D eigenvalue weighted by molar-refractivity contribution is 0.734. The van der Waals surface area contributed by atoms with Crippen molar-refractivity contribution in [2.45, 2.75) is 40.0 Å². The predicted octanol–water partition coefficient (Wildman–Crippen LogP) is 8.16. The van der Waals surface area contributed by atoms with Gasteiger partial charge in [-0.2, -0.15) is 0 Å². The molecule has 0 atom stereocenters. The summed E-state index contributed by atoms with van der Waals surface area (Å²) >= 11 is 0. The molecule has 3 aromatic carbocycles. The highest BCUT2D eigenvalue weighted by atomic mass is 14.2. The average molecular weight is 404 g/mol. The van der Waals surface area contributed by atoms with E-state index in [1.165, 1.54) is 57.4 Å². The van der Waals surface area contributed by atoms with Crippen molar-refractivity contribution in [1.82, 2.24) is 0 Å². The summed E-state index contributed by atoms with van der Waals surface area (Å²) in [6.45, 7) is 6.43. The number of aryl methyl sites for hydroxylation is 3. The second-order valence-corrected chi connectivity index (χ2v) is 8.47. The van der Waals surface area contributed by atoms with E-state index in [1.807, 2.05) is 0 Å². The molecule has 3 aromatic rings. The molecule has 0 aliphatic heterocycles. The Balaban J connectivity index is 0.000000166. The Morgan fingerprint density at radius 1 is 0.581 bits per heavy atom. The van der Waals surface area contributed by atoms with Gasteiger partial charge in [-0.15, -0.1) is 0 Å². The molecule has 0 heteroatoms. The molecule has 31 heavy (non-hydrogen) atoms. The Bertz CT molecular complexity index is 981. The molecule has 155 valence electrons. The molecule has 5 rings (SSSR count). The summed E-state index contributed by atoms with van der Waals surface area (Å²) in [5, 5.41) is 0. The topological polar surface area (TPSA) is 0 Å². The smallest absolute Gasteiger partial charge is 0.0211 e. The van der Waals surface area contributed by atoms with Gasteiger partial charge in [-0.3, -0.25) is 0 Å². The third-order valence-corrected chi connectivity index (χ3v) is 6.08. The Hall–Kier alpha value is -2.86. The summed E-state index contributed by atoms with van der Waals surface area (Å²) in [4.78, 5) is 0. The zero-order valence-corrected chi connectivity index (χ0v) is 18.9. The van der Waals surface area contributed by atoms with E-state index in [0.717, 1.165) is 6.42 Å². The molecule has 0 spiro atoms. The maximum atomic E-state index is 2.32. The van der Waals surface area contributed by atoms with E-state index < -0.39 is 0 Å². The van der Waals surface area contributed by atoms with E-state index in [-0.39, 0.29) is 0 Å². The van der Waals surface area contributed by atoms with E-state index in [4.69, 9.17) is 0 Å². The van der Waals surface area contributed by atoms with Gasteiger partial charge in [0.15, 0.2) is 0 Å². The number of allylic oxidation sites excluding steroid dienone is 4. The van der Waals surface area contributed by atoms with Crippen LogP contribution in [0.5, 0.6) is 0 Å². The van der Waals surface area contributed by atoms with Gasteiger partial charge in [-0.1, -0.05) is 103 Å². The lowest BCUT2D eigenvalue weighted by Crippen LogP contribution is -2.10. The van der Waals surface area contributed by atoms with Gasteiger partial charge in [-0.25, -0.2) is 0 Å². The highest BCUT2D eigenvalue weighted by Gasteiger charge is 2.19. The van der Waals surface area contributed by atoms with Gasteiger partial charge in [-0.05, 0) is 72.9 Å². The van der Waals surface area contributed by atoms with Crippen LogP contribution in [0.3, 0.4) is 0 Å². The second kappa shape index (κ2) is 9.96. The first-order valence-electron chi connectivity index (χ1n) is 11.3. The van der Waals surface area contributed by atoms with Gasteiger partial charge in [0.1, 0.15) is 0 Å². The maximum Gasteiger partial charge on any atom is 0.0211 e. The van der Waals surface area contributed by atoms with Crippen LogP contribution >= 0.6 is 0 Å². The number of benzene rings is 3. The van der Waals surface area contributed by atoms with Gasteiger partial charge in [0.2, 0.25) is 0 Å². The van der Waals surface area contributed by atoms with Crippen molar-refractivity contribution in [3.63, 3.8) is 0 Å². The zero-order chi connectivity index (χ0) is 21.6. The van der Waals surface area contributed by atoms with Gasteiger partial charge in [0.25, 0.3) is 0 Å². The average Bonchev–Trinajstić information content (AvgIpc) is 3.25. The van der Waals surface area contributed by atoms with Crippen LogP contribution in [0, 0.1) is 32.6 Å². The predicted molar refractivity (Wildman–Crippen MR) is 134 cm³/mol. The number of hydrogen-bond acceptors (Lipinski definition) is 0. The summed E-state index contributed by atoms with van der Waals surface area (Å²) in [5.74, 6) is 1.60. The normalized spacial score (nSPS) is 15.5. The highest BCUT2D eigenvalue weighted by molar-refractivity contribution is 5.95. The van der Waals surface area contributed by atoms with Crippen molar-refractivity contribution in [2.24, 2.45) is 0 Å². The van der Waals surface area contributed by atoms with Crippen molar-refractivity contribution in [3.8, 4) is 0 Å². The quantitative estimate of drug-likeness (QED) is 0.412. The maximum absolute atomic E-state index is 2.32. The summed E-state index contributed by atoms with van der Waals surface area (Å²) < 4.78 is 0. The van der Waals surface area contributed by atoms with Crippen molar-refractivity contribution in [2.75, 3.05) is 0 Å². The lowest BCUT2D eigenvalue weighted by Gasteiger charge is -2.24. The van der Waals surface area contributed by atoms with Gasteiger partial charge < -0.3 is 0 Å². The van der Waals surface area contributed by atoms with Crippen LogP contribution in [0.2, 0.25) is 0 Å². The Kier molecular flexibility index (Phi) is 6.87. The molecular formula is C31H31. The zero-order valence-electron chi connectivity index (χ0n) is 18.9. The minimum atomic E-state index is 1.14. The molecular weight excluding hydrogens is 372 g/mol. The summed E-state index contributed by atoms with van der Waals surface area (Å²) in [6.07, 6.45) is 12.5. The number of rotatable bonds is 4. The molecule has 0 aromatic heterocycles. The molecule has 0 N–H and O–H groups in total. The van der Waals surface area contributed by atoms with Crippen LogP contribution in [-0.2, 0) is 6.42 Å². The second-order valence-electron chi connectivity index (χ2n) is 8.47. The third-order valence-electron chi connectivity index (χ3n) is 6.08. The first kappa shape index (κ1) is 21.4. The van der Waals surface area contributed by atoms with E-state index in [0.29, 0.717) is 0 Å². The van der Waals surface area contributed by atoms with Crippen LogP contribution in [0.15, 0.2) is 84.9 Å². The molecule has 2 aliphatic carbocycles. The van der Waals surface area contributed by atoms with Crippen LogP contribution in [-0.4, -0.2) is 0 Å². The van der Waals surface area contributed by atoms with Crippen LogP contribution in [0.1, 0.15) is 53.1 Å². The van der Waals surface area contributed by atoms with Crippen LogP contribution in [0.4, 0.5) is 0 Å². The molecule has 0 unspecified atom stereocenters. The summed E-state index contributed by atoms with van der Waals surface area (Å²) in [6, 6.07) is 26.4. The van der Waals surface area contributed by atoms with E-state index in [1.54, 1.807) is 5.92 Å². The summed E-state index contributed by atoms with van der Waals surface area (Å²) in [5.41, 5.74) is 10.6. The van der Waals surface area contributed by atoms with Gasteiger partial charge in [0.05, 0.1) is 0 Å². The Morgan fingerprint density at radius 3 is 1.42 bits per heavy atom. The first-order chi connectivity index (χ1) is 15.1. The Morgan fingerprint density at radius 2 is 1.03 bits per heavy atom. The van der Waals surface area contributed by atoms with Crippen LogP contribution in [0.25, 0.3) is 11.1 Å². The largest absolute Gasteiger partial charge is 0.0613 e. The van der Waals surface area contributed by atoms with Gasteiger partial charge >= 0.3 is 0 Å². The monoisotopic (exact) mass is 403 g/mol. The molecule has 2 aliphatic rings. The third kappa shape index (κ3) is 5.44. The fourth-order valence-electron chi connectivity index (χ4n) is 3.79. The fourth-order valence-corrected chi connectivity index (χ4v) is 3.79. The van der Waals surface area contributed by atoms with Crippen LogP contribution < -0.4 is 0 Å². The van der Waals surface area contributed by atoms with Crippen molar-refractivity contribution >= 4 is 11.1 Å². The summed E-state index contributed by atoms with van der Waals surface area (Å²) in [7, 11) is 0. The van der Waals surface area contributed by atoms with E-state index in [2.05, 4.69) is 119 Å². The minimum absolute atomic E-state index is 1.14. The number of hydrogen-bond donors (Lipinski definition) is 0. The molecule has 0 heterocycles. The van der Waals surface area contributed by atoms with Gasteiger partial charge in [0, 0.05) is 12.3 Å². The molecule has 1 fully saturated rings. The van der Waals surface area contributed by atoms with E-state index >= 15 is 0 Å². The fraction of sp³-hybridized carbons (Fsp3) is 0.194. The molecule has 0 amide bonds. The molecule has 3 radical (unpaired) electrons. The van der Waals surface area contributed by atoms with Crippen molar-refractivity contribution in [1.29, 1.82) is 0 Å². The standard InChI is InChI=1S/C19H17.C12H14/c1-14-3-7-16(8-4-14)18-11-12-19(13-18)17-9-5-15(2)6-10-17;1-2-10-6-8-12(9-7-10)11-4-3-5-11/h3-13H,1-2H3;3,6-9H,2,4-5H2,1H3. The molecule has 0 bridgehead atoms. The first-order valence-corrected chi connectivity index (χ1v) is 11.3. The molecule has 1 saturated carbocycles. The van der Waals surface area contributed by atoms with Crippen molar-refractivity contribution < 1.29 is 0 Å². The molecule has 0 saturated heterocycles. The SMILES string of the molecule is CCc1ccc([C]2C[CH]C2)cc1.Cc1ccc(C2=CC=C(c3ccc(C)cc3)[CH]2)cc1. The molecule has 0 nitrogen and oxygen atoms in total. The van der Waals surface area contributed by atoms with Crippen molar-refractivity contribution in [3.05, 3.63) is 137 Å².